The molecule has 1 heterocycles. The fourth-order valence-corrected chi connectivity index (χ4v) is 3.25. The minimum absolute atomic E-state index is 0. The molecule has 1 aromatic rings. The molecule has 26 heavy (non-hydrogen) atoms. The van der Waals surface area contributed by atoms with Crippen molar-refractivity contribution in [2.24, 2.45) is 4.99 Å². The summed E-state index contributed by atoms with van der Waals surface area (Å²) >= 11 is 0. The number of benzene rings is 1. The lowest BCUT2D eigenvalue weighted by Crippen LogP contribution is -2.40. The first-order valence-corrected chi connectivity index (χ1v) is 8.86. The van der Waals surface area contributed by atoms with Gasteiger partial charge in [-0.25, -0.2) is 13.8 Å². The number of hydrogen-bond donors (Lipinski definition) is 2. The predicted molar refractivity (Wildman–Crippen MR) is 108 cm³/mol. The molecule has 144 valence electrons. The summed E-state index contributed by atoms with van der Waals surface area (Å²) in [5.41, 5.74) is 0.129. The molecule has 2 atom stereocenters. The Kier molecular flexibility index (Phi) is 7.60. The number of rotatable bonds is 5. The minimum atomic E-state index is -0.513. The quantitative estimate of drug-likeness (QED) is 0.389. The lowest BCUT2D eigenvalue weighted by Gasteiger charge is -2.15. The molecule has 1 aliphatic heterocycles. The van der Waals surface area contributed by atoms with E-state index in [9.17, 15) is 13.6 Å². The highest BCUT2D eigenvalue weighted by Gasteiger charge is 2.42. The van der Waals surface area contributed by atoms with Crippen molar-refractivity contribution in [1.29, 1.82) is 0 Å². The molecule has 1 saturated heterocycles. The Hall–Kier alpha value is -1.45. The van der Waals surface area contributed by atoms with Crippen molar-refractivity contribution in [2.45, 2.75) is 38.1 Å². The lowest BCUT2D eigenvalue weighted by molar-refractivity contribution is -0.128. The third kappa shape index (κ3) is 5.05. The molecule has 1 saturated carbocycles. The highest BCUT2D eigenvalue weighted by Crippen LogP contribution is 2.43. The van der Waals surface area contributed by atoms with E-state index in [1.165, 1.54) is 18.2 Å². The molecule has 2 N–H and O–H groups in total. The molecule has 1 aliphatic carbocycles. The number of halogens is 3. The molecule has 2 unspecified atom stereocenters. The largest absolute Gasteiger partial charge is 0.357 e. The number of carbonyl (C=O) groups excluding carboxylic acids is 1. The summed E-state index contributed by atoms with van der Waals surface area (Å²) in [5, 5.41) is 6.26. The van der Waals surface area contributed by atoms with Gasteiger partial charge in [0.25, 0.3) is 0 Å². The van der Waals surface area contributed by atoms with Gasteiger partial charge in [0.05, 0.1) is 0 Å². The second-order valence-corrected chi connectivity index (χ2v) is 6.51. The van der Waals surface area contributed by atoms with Crippen molar-refractivity contribution in [2.75, 3.05) is 26.2 Å². The summed E-state index contributed by atoms with van der Waals surface area (Å²) in [4.78, 5) is 18.2. The summed E-state index contributed by atoms with van der Waals surface area (Å²) in [6.07, 6.45) is 2.74. The van der Waals surface area contributed by atoms with Gasteiger partial charge in [-0.2, -0.15) is 0 Å². The molecule has 0 aromatic heterocycles. The van der Waals surface area contributed by atoms with Crippen molar-refractivity contribution in [3.05, 3.63) is 35.4 Å². The number of nitrogens with zero attached hydrogens (tertiary/aromatic N) is 2. The molecule has 2 aliphatic rings. The zero-order chi connectivity index (χ0) is 17.8. The molecule has 2 fully saturated rings. The molecule has 0 spiro atoms. The number of carbonyl (C=O) groups is 1. The number of amides is 1. The molecule has 0 bridgehead atoms. The van der Waals surface area contributed by atoms with Crippen LogP contribution >= 0.6 is 24.0 Å². The van der Waals surface area contributed by atoms with Crippen molar-refractivity contribution in [3.8, 4) is 0 Å². The number of hydrogen-bond acceptors (Lipinski definition) is 2. The Labute approximate surface area is 169 Å². The van der Waals surface area contributed by atoms with Gasteiger partial charge in [-0.3, -0.25) is 4.79 Å². The van der Waals surface area contributed by atoms with E-state index in [-0.39, 0.29) is 54.0 Å². The monoisotopic (exact) mass is 478 g/mol. The fraction of sp³-hybridized carbons (Fsp3) is 0.556. The standard InChI is InChI=1S/C18H24F2N4O.HI/c1-2-21-18(22-11-16(25)24-8-3-4-9-24)23-15-10-12(15)17-13(19)6-5-7-14(17)20;/h5-7,12,15H,2-4,8-11H2,1H3,(H2,21,22,23);1H. The van der Waals surface area contributed by atoms with E-state index < -0.39 is 11.6 Å². The third-order valence-electron chi connectivity index (χ3n) is 4.66. The summed E-state index contributed by atoms with van der Waals surface area (Å²) in [5.74, 6) is -0.707. The van der Waals surface area contributed by atoms with Crippen LogP contribution in [0, 0.1) is 11.6 Å². The first-order valence-electron chi connectivity index (χ1n) is 8.86. The van der Waals surface area contributed by atoms with Crippen LogP contribution in [0.3, 0.4) is 0 Å². The van der Waals surface area contributed by atoms with Crippen LogP contribution in [0.4, 0.5) is 8.78 Å². The van der Waals surface area contributed by atoms with Gasteiger partial charge in [0.15, 0.2) is 5.96 Å². The zero-order valence-electron chi connectivity index (χ0n) is 14.8. The first-order chi connectivity index (χ1) is 12.1. The van der Waals surface area contributed by atoms with Crippen LogP contribution < -0.4 is 10.6 Å². The van der Waals surface area contributed by atoms with Crippen molar-refractivity contribution in [3.63, 3.8) is 0 Å². The summed E-state index contributed by atoms with van der Waals surface area (Å²) in [6, 6.07) is 3.85. The van der Waals surface area contributed by atoms with Crippen LogP contribution in [0.1, 0.15) is 37.7 Å². The SMILES string of the molecule is CCNC(=NCC(=O)N1CCCC1)NC1CC1c1c(F)cccc1F.I. The molecule has 5 nitrogen and oxygen atoms in total. The fourth-order valence-electron chi connectivity index (χ4n) is 3.25. The highest BCUT2D eigenvalue weighted by molar-refractivity contribution is 14.0. The average molecular weight is 478 g/mol. The van der Waals surface area contributed by atoms with Crippen molar-refractivity contribution < 1.29 is 13.6 Å². The molecular weight excluding hydrogens is 453 g/mol. The Morgan fingerprint density at radius 3 is 2.54 bits per heavy atom. The van der Waals surface area contributed by atoms with Gasteiger partial charge in [0.2, 0.25) is 5.91 Å². The van der Waals surface area contributed by atoms with Crippen LogP contribution in [-0.4, -0.2) is 49.0 Å². The Balaban J connectivity index is 0.00000243. The van der Waals surface area contributed by atoms with Gasteiger partial charge in [-0.1, -0.05) is 6.07 Å². The second kappa shape index (κ2) is 9.48. The lowest BCUT2D eigenvalue weighted by atomic mass is 10.1. The van der Waals surface area contributed by atoms with E-state index >= 15 is 0 Å². The van der Waals surface area contributed by atoms with E-state index in [0.717, 1.165) is 25.9 Å². The predicted octanol–water partition coefficient (Wildman–Crippen LogP) is 2.62. The van der Waals surface area contributed by atoms with E-state index in [1.807, 2.05) is 11.8 Å². The van der Waals surface area contributed by atoms with Crippen LogP contribution in [-0.2, 0) is 4.79 Å². The highest BCUT2D eigenvalue weighted by atomic mass is 127. The van der Waals surface area contributed by atoms with Crippen LogP contribution in [0.25, 0.3) is 0 Å². The number of nitrogens with one attached hydrogen (secondary N) is 2. The van der Waals surface area contributed by atoms with Crippen molar-refractivity contribution >= 4 is 35.8 Å². The summed E-state index contributed by atoms with van der Waals surface area (Å²) in [6.45, 7) is 4.27. The van der Waals surface area contributed by atoms with E-state index in [2.05, 4.69) is 15.6 Å². The third-order valence-corrected chi connectivity index (χ3v) is 4.66. The van der Waals surface area contributed by atoms with E-state index in [4.69, 9.17) is 0 Å². The van der Waals surface area contributed by atoms with E-state index in [1.54, 1.807) is 0 Å². The van der Waals surface area contributed by atoms with Gasteiger partial charge >= 0.3 is 0 Å². The summed E-state index contributed by atoms with van der Waals surface area (Å²) in [7, 11) is 0. The zero-order valence-corrected chi connectivity index (χ0v) is 17.1. The number of guanidine groups is 1. The molecule has 1 amide bonds. The Bertz CT molecular complexity index is 644. The molecule has 3 rings (SSSR count). The first kappa shape index (κ1) is 20.9. The average Bonchev–Trinajstić information content (AvgIpc) is 3.10. The van der Waals surface area contributed by atoms with E-state index in [0.29, 0.717) is 18.9 Å². The topological polar surface area (TPSA) is 56.7 Å². The van der Waals surface area contributed by atoms with Gasteiger partial charge in [-0.15, -0.1) is 24.0 Å². The van der Waals surface area contributed by atoms with Gasteiger partial charge < -0.3 is 15.5 Å². The molecular formula is C18H25F2IN4O. The Morgan fingerprint density at radius 1 is 1.27 bits per heavy atom. The maximum absolute atomic E-state index is 13.9. The van der Waals surface area contributed by atoms with Crippen LogP contribution in [0.2, 0.25) is 0 Å². The number of aliphatic imine (C=N–C) groups is 1. The maximum Gasteiger partial charge on any atom is 0.244 e. The van der Waals surface area contributed by atoms with Crippen molar-refractivity contribution in [1.82, 2.24) is 15.5 Å². The minimum Gasteiger partial charge on any atom is -0.357 e. The smallest absolute Gasteiger partial charge is 0.244 e. The molecule has 8 heteroatoms. The van der Waals surface area contributed by atoms with Gasteiger partial charge in [-0.05, 0) is 38.3 Å². The number of likely N-dealkylation sites (tertiary alicyclic amines) is 1. The second-order valence-electron chi connectivity index (χ2n) is 6.51. The summed E-state index contributed by atoms with van der Waals surface area (Å²) < 4.78 is 27.7. The van der Waals surface area contributed by atoms with Gasteiger partial charge in [0.1, 0.15) is 18.2 Å². The van der Waals surface area contributed by atoms with Crippen LogP contribution in [0.15, 0.2) is 23.2 Å². The molecule has 1 aromatic carbocycles. The normalized spacial score (nSPS) is 22.0. The van der Waals surface area contributed by atoms with Crippen LogP contribution in [0.5, 0.6) is 0 Å². The molecule has 0 radical (unpaired) electrons. The maximum atomic E-state index is 13.9. The Morgan fingerprint density at radius 2 is 1.92 bits per heavy atom. The van der Waals surface area contributed by atoms with Gasteiger partial charge in [0, 0.05) is 37.2 Å².